The molecule has 4 heterocycles. The third-order valence-electron chi connectivity index (χ3n) is 5.81. The summed E-state index contributed by atoms with van der Waals surface area (Å²) >= 11 is 0. The molecule has 1 aliphatic heterocycles. The SMILES string of the molecule is Cn1cc(-c2ccc3cnc(N4CCC(Oc5cncc(C(N)=O)c5)CC4)cc3c2)cn1. The largest absolute Gasteiger partial charge is 0.489 e. The van der Waals surface area contributed by atoms with Gasteiger partial charge in [-0.2, -0.15) is 5.10 Å². The Kier molecular flexibility index (Phi) is 5.18. The number of ether oxygens (including phenoxy) is 1. The average molecular weight is 428 g/mol. The Labute approximate surface area is 185 Å². The molecule has 5 rings (SSSR count). The maximum absolute atomic E-state index is 11.3. The Morgan fingerprint density at radius 3 is 2.62 bits per heavy atom. The molecule has 8 nitrogen and oxygen atoms in total. The fourth-order valence-electron chi connectivity index (χ4n) is 4.07. The van der Waals surface area contributed by atoms with Gasteiger partial charge in [0, 0.05) is 62.5 Å². The molecule has 32 heavy (non-hydrogen) atoms. The minimum absolute atomic E-state index is 0.0637. The normalized spacial score (nSPS) is 14.6. The fourth-order valence-corrected chi connectivity index (χ4v) is 4.07. The zero-order chi connectivity index (χ0) is 22.1. The topological polar surface area (TPSA) is 99.2 Å². The quantitative estimate of drug-likeness (QED) is 0.524. The molecule has 0 atom stereocenters. The van der Waals surface area contributed by atoms with Gasteiger partial charge in [0.25, 0.3) is 0 Å². The van der Waals surface area contributed by atoms with E-state index in [1.165, 1.54) is 6.20 Å². The summed E-state index contributed by atoms with van der Waals surface area (Å²) in [6.07, 6.45) is 10.7. The molecule has 8 heteroatoms. The number of nitrogens with zero attached hydrogens (tertiary/aromatic N) is 5. The van der Waals surface area contributed by atoms with Gasteiger partial charge in [0.15, 0.2) is 0 Å². The Morgan fingerprint density at radius 2 is 1.88 bits per heavy atom. The molecule has 0 spiro atoms. The van der Waals surface area contributed by atoms with Crippen LogP contribution in [-0.4, -0.2) is 44.8 Å². The average Bonchev–Trinajstić information content (AvgIpc) is 3.25. The molecule has 3 aromatic heterocycles. The van der Waals surface area contributed by atoms with Gasteiger partial charge >= 0.3 is 0 Å². The van der Waals surface area contributed by atoms with Crippen LogP contribution in [0.3, 0.4) is 0 Å². The second kappa shape index (κ2) is 8.30. The van der Waals surface area contributed by atoms with Crippen molar-refractivity contribution in [2.24, 2.45) is 12.8 Å². The maximum atomic E-state index is 11.3. The van der Waals surface area contributed by atoms with Crippen LogP contribution in [0.1, 0.15) is 23.2 Å². The van der Waals surface area contributed by atoms with Gasteiger partial charge in [-0.15, -0.1) is 0 Å². The van der Waals surface area contributed by atoms with E-state index in [1.807, 2.05) is 30.3 Å². The summed E-state index contributed by atoms with van der Waals surface area (Å²) in [6, 6.07) is 10.2. The summed E-state index contributed by atoms with van der Waals surface area (Å²) in [5, 5.41) is 6.54. The van der Waals surface area contributed by atoms with Crippen LogP contribution in [0.15, 0.2) is 61.3 Å². The number of benzene rings is 1. The lowest BCUT2D eigenvalue weighted by Crippen LogP contribution is -2.38. The lowest BCUT2D eigenvalue weighted by molar-refractivity contribution is 0.0998. The number of nitrogens with two attached hydrogens (primary N) is 1. The van der Waals surface area contributed by atoms with Gasteiger partial charge in [-0.3, -0.25) is 14.5 Å². The number of amides is 1. The first-order valence-electron chi connectivity index (χ1n) is 10.6. The molecule has 0 bridgehead atoms. The molecule has 1 fully saturated rings. The monoisotopic (exact) mass is 428 g/mol. The van der Waals surface area contributed by atoms with Gasteiger partial charge in [0.05, 0.1) is 18.0 Å². The van der Waals surface area contributed by atoms with Crippen LogP contribution in [0.4, 0.5) is 5.82 Å². The standard InChI is InChI=1S/C24H24N6O2/c1-29-15-20(13-28-29)16-2-3-17-12-27-23(10-18(17)8-16)30-6-4-21(5-7-30)32-22-9-19(24(25)31)11-26-14-22/h2-3,8-15,21H,4-7H2,1H3,(H2,25,31). The Morgan fingerprint density at radius 1 is 1.03 bits per heavy atom. The van der Waals surface area contributed by atoms with Gasteiger partial charge in [-0.1, -0.05) is 12.1 Å². The van der Waals surface area contributed by atoms with Crippen LogP contribution in [0.5, 0.6) is 5.75 Å². The number of piperidine rings is 1. The summed E-state index contributed by atoms with van der Waals surface area (Å²) in [7, 11) is 1.92. The first-order chi connectivity index (χ1) is 15.5. The predicted molar refractivity (Wildman–Crippen MR) is 123 cm³/mol. The summed E-state index contributed by atoms with van der Waals surface area (Å²) < 4.78 is 7.85. The predicted octanol–water partition coefficient (Wildman–Crippen LogP) is 3.18. The number of carbonyl (C=O) groups is 1. The molecule has 1 amide bonds. The van der Waals surface area contributed by atoms with E-state index in [1.54, 1.807) is 12.3 Å². The van der Waals surface area contributed by atoms with E-state index in [0.717, 1.165) is 53.6 Å². The summed E-state index contributed by atoms with van der Waals surface area (Å²) in [6.45, 7) is 1.68. The van der Waals surface area contributed by atoms with Gasteiger partial charge in [-0.05, 0) is 29.1 Å². The van der Waals surface area contributed by atoms with Crippen LogP contribution in [-0.2, 0) is 7.05 Å². The fraction of sp³-hybridized carbons (Fsp3) is 0.250. The van der Waals surface area contributed by atoms with Crippen molar-refractivity contribution >= 4 is 22.5 Å². The third-order valence-corrected chi connectivity index (χ3v) is 5.81. The molecule has 162 valence electrons. The zero-order valence-electron chi connectivity index (χ0n) is 17.8. The van der Waals surface area contributed by atoms with E-state index in [0.29, 0.717) is 11.3 Å². The van der Waals surface area contributed by atoms with E-state index in [9.17, 15) is 4.79 Å². The molecule has 0 radical (unpaired) electrons. The van der Waals surface area contributed by atoms with E-state index in [2.05, 4.69) is 44.2 Å². The number of anilines is 1. The highest BCUT2D eigenvalue weighted by molar-refractivity contribution is 5.92. The summed E-state index contributed by atoms with van der Waals surface area (Å²) in [5.41, 5.74) is 7.92. The van der Waals surface area contributed by atoms with Crippen molar-refractivity contribution in [2.45, 2.75) is 18.9 Å². The van der Waals surface area contributed by atoms with Crippen LogP contribution in [0.25, 0.3) is 21.9 Å². The molecular formula is C24H24N6O2. The molecule has 2 N–H and O–H groups in total. The number of primary amides is 1. The first-order valence-corrected chi connectivity index (χ1v) is 10.6. The van der Waals surface area contributed by atoms with Crippen molar-refractivity contribution in [3.05, 3.63) is 66.9 Å². The van der Waals surface area contributed by atoms with E-state index in [-0.39, 0.29) is 6.10 Å². The van der Waals surface area contributed by atoms with Crippen molar-refractivity contribution in [3.8, 4) is 16.9 Å². The van der Waals surface area contributed by atoms with E-state index < -0.39 is 5.91 Å². The lowest BCUT2D eigenvalue weighted by Gasteiger charge is -2.33. The number of hydrogen-bond donors (Lipinski definition) is 1. The Hall–Kier alpha value is -3.94. The highest BCUT2D eigenvalue weighted by atomic mass is 16.5. The maximum Gasteiger partial charge on any atom is 0.250 e. The molecule has 1 saturated heterocycles. The number of aromatic nitrogens is 4. The van der Waals surface area contributed by atoms with Crippen LogP contribution in [0.2, 0.25) is 0 Å². The lowest BCUT2D eigenvalue weighted by atomic mass is 10.0. The van der Waals surface area contributed by atoms with Crippen LogP contribution < -0.4 is 15.4 Å². The minimum atomic E-state index is -0.508. The molecule has 4 aromatic rings. The number of rotatable bonds is 5. The number of carbonyl (C=O) groups excluding carboxylic acids is 1. The molecule has 1 aliphatic rings. The summed E-state index contributed by atoms with van der Waals surface area (Å²) in [4.78, 5) is 22.4. The Bertz CT molecular complexity index is 1280. The first kappa shape index (κ1) is 20.0. The third kappa shape index (κ3) is 4.12. The number of pyridine rings is 2. The van der Waals surface area contributed by atoms with Crippen LogP contribution in [0, 0.1) is 0 Å². The highest BCUT2D eigenvalue weighted by Gasteiger charge is 2.22. The number of hydrogen-bond acceptors (Lipinski definition) is 6. The highest BCUT2D eigenvalue weighted by Crippen LogP contribution is 2.28. The second-order valence-electron chi connectivity index (χ2n) is 8.08. The molecule has 1 aromatic carbocycles. The smallest absolute Gasteiger partial charge is 0.250 e. The van der Waals surface area contributed by atoms with Crippen molar-refractivity contribution in [1.29, 1.82) is 0 Å². The minimum Gasteiger partial charge on any atom is -0.489 e. The van der Waals surface area contributed by atoms with Crippen molar-refractivity contribution < 1.29 is 9.53 Å². The van der Waals surface area contributed by atoms with Gasteiger partial charge in [-0.25, -0.2) is 4.98 Å². The van der Waals surface area contributed by atoms with Crippen molar-refractivity contribution in [2.75, 3.05) is 18.0 Å². The molecule has 0 aliphatic carbocycles. The molecular weight excluding hydrogens is 404 g/mol. The van der Waals surface area contributed by atoms with E-state index in [4.69, 9.17) is 10.5 Å². The van der Waals surface area contributed by atoms with Gasteiger partial charge < -0.3 is 15.4 Å². The molecule has 0 unspecified atom stereocenters. The Balaban J connectivity index is 1.28. The van der Waals surface area contributed by atoms with Gasteiger partial charge in [0.2, 0.25) is 5.91 Å². The van der Waals surface area contributed by atoms with E-state index >= 15 is 0 Å². The summed E-state index contributed by atoms with van der Waals surface area (Å²) in [5.74, 6) is 1.04. The number of aryl methyl sites for hydroxylation is 1. The second-order valence-corrected chi connectivity index (χ2v) is 8.08. The van der Waals surface area contributed by atoms with Crippen LogP contribution >= 0.6 is 0 Å². The number of fused-ring (bicyclic) bond motifs is 1. The van der Waals surface area contributed by atoms with Gasteiger partial charge in [0.1, 0.15) is 17.7 Å². The molecule has 0 saturated carbocycles. The van der Waals surface area contributed by atoms with Crippen molar-refractivity contribution in [3.63, 3.8) is 0 Å². The van der Waals surface area contributed by atoms with Crippen molar-refractivity contribution in [1.82, 2.24) is 19.7 Å². The zero-order valence-corrected chi connectivity index (χ0v) is 17.8.